The zero-order valence-corrected chi connectivity index (χ0v) is 16.6. The molecular formula is C18H20F2N2O7S. The van der Waals surface area contributed by atoms with Crippen molar-refractivity contribution in [3.8, 4) is 0 Å². The molecule has 4 saturated carbocycles. The normalized spacial score (nSPS) is 38.8. The Morgan fingerprint density at radius 3 is 2.63 bits per heavy atom. The summed E-state index contributed by atoms with van der Waals surface area (Å²) in [7, 11) is -5.92. The molecule has 5 atom stereocenters. The summed E-state index contributed by atoms with van der Waals surface area (Å²) < 4.78 is 69.2. The fourth-order valence-electron chi connectivity index (χ4n) is 6.85. The minimum absolute atomic E-state index is 0.0640. The van der Waals surface area contributed by atoms with Crippen molar-refractivity contribution in [3.05, 3.63) is 18.7 Å². The van der Waals surface area contributed by atoms with Gasteiger partial charge >= 0.3 is 27.4 Å². The molecule has 0 radical (unpaired) electrons. The molecule has 1 heterocycles. The van der Waals surface area contributed by atoms with Gasteiger partial charge in [0.1, 0.15) is 11.9 Å². The zero-order chi connectivity index (χ0) is 21.6. The number of carbonyl (C=O) groups is 2. The molecule has 12 heteroatoms. The van der Waals surface area contributed by atoms with Gasteiger partial charge in [0.2, 0.25) is 0 Å². The predicted octanol–water partition coefficient (Wildman–Crippen LogP) is 2.23. The highest BCUT2D eigenvalue weighted by atomic mass is 32.2. The third kappa shape index (κ3) is 2.58. The van der Waals surface area contributed by atoms with Gasteiger partial charge in [-0.1, -0.05) is 0 Å². The standard InChI is InChI=1S/C18H20F2N2O7S/c19-18(20,30(25,26)27)13(23)28-9-15-4-11-3-12-5-16(6-15,8-17(11,12)7-15)29-14(24)22-2-1-21-10-22/h1-2,10-12H,3-9H2,(H,25,26,27). The van der Waals surface area contributed by atoms with E-state index >= 15 is 0 Å². The molecule has 0 aromatic carbocycles. The molecule has 30 heavy (non-hydrogen) atoms. The average Bonchev–Trinajstić information content (AvgIpc) is 3.27. The summed E-state index contributed by atoms with van der Waals surface area (Å²) in [6.45, 7) is -0.410. The number of imidazole rings is 1. The van der Waals surface area contributed by atoms with Gasteiger partial charge in [0.05, 0.1) is 6.61 Å². The van der Waals surface area contributed by atoms with E-state index in [1.807, 2.05) is 0 Å². The maximum atomic E-state index is 13.6. The summed E-state index contributed by atoms with van der Waals surface area (Å²) in [6, 6.07) is 0. The van der Waals surface area contributed by atoms with Crippen molar-refractivity contribution in [2.75, 3.05) is 6.61 Å². The van der Waals surface area contributed by atoms with Gasteiger partial charge in [0.25, 0.3) is 0 Å². The van der Waals surface area contributed by atoms with Gasteiger partial charge in [-0.05, 0) is 55.8 Å². The van der Waals surface area contributed by atoms with E-state index in [0.29, 0.717) is 43.9 Å². The number of aromatic nitrogens is 2. The highest BCUT2D eigenvalue weighted by Crippen LogP contribution is 2.80. The number of rotatable bonds is 5. The number of hydrogen-bond donors (Lipinski definition) is 1. The lowest BCUT2D eigenvalue weighted by Crippen LogP contribution is -2.47. The third-order valence-electron chi connectivity index (χ3n) is 7.64. The fourth-order valence-corrected chi connectivity index (χ4v) is 7.12. The van der Waals surface area contributed by atoms with E-state index in [-0.39, 0.29) is 5.41 Å². The molecule has 3 bridgehead atoms. The van der Waals surface area contributed by atoms with Gasteiger partial charge in [-0.3, -0.25) is 4.55 Å². The van der Waals surface area contributed by atoms with Crippen LogP contribution in [0.5, 0.6) is 0 Å². The number of ether oxygens (including phenoxy) is 2. The van der Waals surface area contributed by atoms with Crippen molar-refractivity contribution >= 4 is 22.2 Å². The van der Waals surface area contributed by atoms with Gasteiger partial charge in [0, 0.05) is 17.8 Å². The lowest BCUT2D eigenvalue weighted by molar-refractivity contribution is -0.168. The maximum absolute atomic E-state index is 13.6. The van der Waals surface area contributed by atoms with E-state index in [4.69, 9.17) is 14.0 Å². The number of hydrogen-bond acceptors (Lipinski definition) is 7. The Bertz CT molecular complexity index is 1030. The van der Waals surface area contributed by atoms with E-state index in [1.54, 1.807) is 0 Å². The monoisotopic (exact) mass is 446 g/mol. The molecule has 9 nitrogen and oxygen atoms in total. The summed E-state index contributed by atoms with van der Waals surface area (Å²) in [5.41, 5.74) is -1.52. The number of nitrogens with zero attached hydrogens (tertiary/aromatic N) is 2. The second-order valence-electron chi connectivity index (χ2n) is 9.39. The molecule has 0 saturated heterocycles. The van der Waals surface area contributed by atoms with Gasteiger partial charge in [0.15, 0.2) is 0 Å². The van der Waals surface area contributed by atoms with Crippen molar-refractivity contribution in [1.29, 1.82) is 0 Å². The van der Waals surface area contributed by atoms with Crippen LogP contribution in [0.4, 0.5) is 13.6 Å². The Morgan fingerprint density at radius 1 is 1.23 bits per heavy atom. The topological polar surface area (TPSA) is 125 Å². The molecule has 1 aromatic rings. The minimum atomic E-state index is -5.92. The van der Waals surface area contributed by atoms with Gasteiger partial charge in [-0.15, -0.1) is 0 Å². The SMILES string of the molecule is O=C(OC12CC3CC4CC(COC(=O)C(F)(F)S(=O)(=O)O)(C1)CC43C2)n1ccnc1. The van der Waals surface area contributed by atoms with Crippen LogP contribution in [0.2, 0.25) is 0 Å². The fraction of sp³-hybridized carbons (Fsp3) is 0.722. The van der Waals surface area contributed by atoms with Crippen molar-refractivity contribution in [1.82, 2.24) is 9.55 Å². The van der Waals surface area contributed by atoms with Crippen LogP contribution in [-0.4, -0.2) is 52.0 Å². The molecule has 4 aliphatic rings. The summed E-state index contributed by atoms with van der Waals surface area (Å²) in [5, 5.41) is -5.03. The first-order chi connectivity index (χ1) is 13.9. The van der Waals surface area contributed by atoms with Crippen LogP contribution in [0.25, 0.3) is 0 Å². The molecular weight excluding hydrogens is 426 g/mol. The van der Waals surface area contributed by atoms with Gasteiger partial charge < -0.3 is 9.47 Å². The van der Waals surface area contributed by atoms with E-state index in [1.165, 1.54) is 23.3 Å². The van der Waals surface area contributed by atoms with Crippen LogP contribution in [0.15, 0.2) is 18.7 Å². The Labute approximate surface area is 170 Å². The van der Waals surface area contributed by atoms with Crippen LogP contribution in [0.3, 0.4) is 0 Å². The summed E-state index contributed by atoms with van der Waals surface area (Å²) in [4.78, 5) is 28.1. The van der Waals surface area contributed by atoms with Gasteiger partial charge in [-0.25, -0.2) is 19.1 Å². The molecule has 5 unspecified atom stereocenters. The Balaban J connectivity index is 1.37. The highest BCUT2D eigenvalue weighted by molar-refractivity contribution is 7.87. The van der Waals surface area contributed by atoms with Crippen LogP contribution in [-0.2, 0) is 24.4 Å². The molecule has 4 fully saturated rings. The number of carbonyl (C=O) groups excluding carboxylic acids is 2. The van der Waals surface area contributed by atoms with E-state index < -0.39 is 45.1 Å². The molecule has 1 aromatic heterocycles. The quantitative estimate of drug-likeness (QED) is 0.539. The van der Waals surface area contributed by atoms with Crippen molar-refractivity contribution in [3.63, 3.8) is 0 Å². The van der Waals surface area contributed by atoms with Crippen LogP contribution >= 0.6 is 0 Å². The van der Waals surface area contributed by atoms with Crippen molar-refractivity contribution in [2.24, 2.45) is 22.7 Å². The molecule has 164 valence electrons. The number of halogens is 2. The highest BCUT2D eigenvalue weighted by Gasteiger charge is 2.76. The molecule has 1 spiro atoms. The lowest BCUT2D eigenvalue weighted by Gasteiger charge is -2.49. The van der Waals surface area contributed by atoms with Crippen LogP contribution < -0.4 is 0 Å². The van der Waals surface area contributed by atoms with Crippen LogP contribution in [0, 0.1) is 22.7 Å². The molecule has 0 aliphatic heterocycles. The number of alkyl halides is 2. The number of esters is 1. The first-order valence-electron chi connectivity index (χ1n) is 9.64. The van der Waals surface area contributed by atoms with E-state index in [2.05, 4.69) is 4.98 Å². The number of fused-ring (bicyclic) bond motifs is 2. The Morgan fingerprint density at radius 2 is 1.97 bits per heavy atom. The van der Waals surface area contributed by atoms with Crippen LogP contribution in [0.1, 0.15) is 38.5 Å². The summed E-state index contributed by atoms with van der Waals surface area (Å²) in [5.74, 6) is -1.60. The zero-order valence-electron chi connectivity index (χ0n) is 15.8. The van der Waals surface area contributed by atoms with E-state index in [9.17, 15) is 26.8 Å². The Hall–Kier alpha value is -2.08. The van der Waals surface area contributed by atoms with Gasteiger partial charge in [-0.2, -0.15) is 17.2 Å². The summed E-state index contributed by atoms with van der Waals surface area (Å²) in [6.07, 6.45) is 7.62. The summed E-state index contributed by atoms with van der Waals surface area (Å²) >= 11 is 0. The minimum Gasteiger partial charge on any atom is -0.460 e. The predicted molar refractivity (Wildman–Crippen MR) is 93.8 cm³/mol. The first kappa shape index (κ1) is 19.9. The van der Waals surface area contributed by atoms with Crippen molar-refractivity contribution in [2.45, 2.75) is 49.4 Å². The molecule has 5 rings (SSSR count). The first-order valence-corrected chi connectivity index (χ1v) is 11.1. The van der Waals surface area contributed by atoms with Crippen molar-refractivity contribution < 1.29 is 40.8 Å². The lowest BCUT2D eigenvalue weighted by atomic mass is 9.55. The molecule has 0 amide bonds. The molecule has 1 N–H and O–H groups in total. The average molecular weight is 446 g/mol. The smallest absolute Gasteiger partial charge is 0.460 e. The second-order valence-corrected chi connectivity index (χ2v) is 10.9. The largest absolute Gasteiger partial charge is 0.465 e. The molecule has 4 aliphatic carbocycles. The maximum Gasteiger partial charge on any atom is 0.465 e. The Kier molecular flexibility index (Phi) is 3.83. The third-order valence-corrected chi connectivity index (χ3v) is 8.45. The second kappa shape index (κ2) is 5.78. The van der Waals surface area contributed by atoms with E-state index in [0.717, 1.165) is 6.42 Å².